The van der Waals surface area contributed by atoms with E-state index in [1.54, 1.807) is 12.1 Å². The van der Waals surface area contributed by atoms with Crippen molar-refractivity contribution in [3.05, 3.63) is 33.9 Å². The third-order valence-electron chi connectivity index (χ3n) is 5.42. The third-order valence-corrected chi connectivity index (χ3v) is 7.13. The molecule has 1 saturated heterocycles. The lowest BCUT2D eigenvalue weighted by Crippen LogP contribution is -2.42. The summed E-state index contributed by atoms with van der Waals surface area (Å²) in [6.07, 6.45) is 1.74. The number of rotatable bonds is 10. The van der Waals surface area contributed by atoms with E-state index in [2.05, 4.69) is 0 Å². The van der Waals surface area contributed by atoms with E-state index in [-0.39, 0.29) is 42.2 Å². The van der Waals surface area contributed by atoms with Crippen molar-refractivity contribution < 1.29 is 27.6 Å². The lowest BCUT2D eigenvalue weighted by molar-refractivity contribution is -0.384. The number of hydrogen-bond acceptors (Lipinski definition) is 8. The van der Waals surface area contributed by atoms with Gasteiger partial charge in [-0.05, 0) is 30.9 Å². The molecule has 0 amide bonds. The van der Waals surface area contributed by atoms with Crippen LogP contribution >= 0.6 is 0 Å². The number of nitro groups is 1. The van der Waals surface area contributed by atoms with E-state index < -0.39 is 20.7 Å². The van der Waals surface area contributed by atoms with Gasteiger partial charge in [0.1, 0.15) is 15.5 Å². The van der Waals surface area contributed by atoms with Crippen molar-refractivity contribution >= 4 is 27.2 Å². The maximum atomic E-state index is 11.9. The summed E-state index contributed by atoms with van der Waals surface area (Å²) < 4.78 is 33.5. The topological polar surface area (TPSA) is 116 Å². The van der Waals surface area contributed by atoms with Crippen molar-refractivity contribution in [2.45, 2.75) is 44.6 Å². The van der Waals surface area contributed by atoms with Crippen molar-refractivity contribution in [3.63, 3.8) is 0 Å². The van der Waals surface area contributed by atoms with Crippen LogP contribution in [-0.4, -0.2) is 64.2 Å². The van der Waals surface area contributed by atoms with Gasteiger partial charge in [-0.1, -0.05) is 13.0 Å². The number of nitrogens with zero attached hydrogens (tertiary/aromatic N) is 2. The summed E-state index contributed by atoms with van der Waals surface area (Å²) in [5.41, 5.74) is 1.05. The number of sulfone groups is 1. The second kappa shape index (κ2) is 10.7. The van der Waals surface area contributed by atoms with Crippen LogP contribution in [-0.2, 0) is 24.1 Å². The molecule has 1 fully saturated rings. The number of ether oxygens (including phenoxy) is 2. The fourth-order valence-electron chi connectivity index (χ4n) is 3.87. The van der Waals surface area contributed by atoms with E-state index in [4.69, 9.17) is 9.47 Å². The van der Waals surface area contributed by atoms with Gasteiger partial charge in [0, 0.05) is 31.7 Å². The highest BCUT2D eigenvalue weighted by Gasteiger charge is 2.31. The number of hydrogen-bond donors (Lipinski definition) is 0. The Bertz CT molecular complexity index is 843. The lowest BCUT2D eigenvalue weighted by atomic mass is 9.95. The Balaban J connectivity index is 2.40. The molecule has 0 aliphatic carbocycles. The second-order valence-electron chi connectivity index (χ2n) is 7.51. The monoisotopic (exact) mass is 442 g/mol. The molecule has 1 heterocycles. The molecule has 0 spiro atoms. The summed E-state index contributed by atoms with van der Waals surface area (Å²) in [5, 5.41) is 11.9. The minimum absolute atomic E-state index is 0.0552. The normalized spacial score (nSPS) is 17.3. The van der Waals surface area contributed by atoms with Crippen LogP contribution in [0.5, 0.6) is 0 Å². The maximum absolute atomic E-state index is 11.9. The molecular weight excluding hydrogens is 412 g/mol. The lowest BCUT2D eigenvalue weighted by Gasteiger charge is -2.35. The Morgan fingerprint density at radius 3 is 2.50 bits per heavy atom. The molecule has 1 aliphatic rings. The SMILES string of the molecule is CCCN(c1ccc(C(COC)CC(=O)OC)cc1[N+](=O)[O-])C1CCS(=O)(=O)CC1. The molecule has 0 aromatic heterocycles. The van der Waals surface area contributed by atoms with E-state index in [1.807, 2.05) is 11.8 Å². The molecule has 0 saturated carbocycles. The maximum Gasteiger partial charge on any atom is 0.306 e. The van der Waals surface area contributed by atoms with Gasteiger partial charge >= 0.3 is 5.97 Å². The molecule has 9 nitrogen and oxygen atoms in total. The van der Waals surface area contributed by atoms with Crippen molar-refractivity contribution in [2.75, 3.05) is 43.8 Å². The first-order valence-corrected chi connectivity index (χ1v) is 11.9. The summed E-state index contributed by atoms with van der Waals surface area (Å²) in [7, 11) is -0.226. The average Bonchev–Trinajstić information content (AvgIpc) is 2.71. The molecule has 0 N–H and O–H groups in total. The van der Waals surface area contributed by atoms with E-state index >= 15 is 0 Å². The van der Waals surface area contributed by atoms with Crippen LogP contribution in [0.1, 0.15) is 44.1 Å². The van der Waals surface area contributed by atoms with E-state index in [0.29, 0.717) is 30.6 Å². The fraction of sp³-hybridized carbons (Fsp3) is 0.650. The molecule has 1 aromatic carbocycles. The summed E-state index contributed by atoms with van der Waals surface area (Å²) in [6, 6.07) is 4.90. The minimum atomic E-state index is -3.03. The summed E-state index contributed by atoms with van der Waals surface area (Å²) >= 11 is 0. The van der Waals surface area contributed by atoms with Crippen molar-refractivity contribution in [3.8, 4) is 0 Å². The minimum Gasteiger partial charge on any atom is -0.469 e. The number of anilines is 1. The highest BCUT2D eigenvalue weighted by molar-refractivity contribution is 7.91. The molecule has 1 aromatic rings. The van der Waals surface area contributed by atoms with Gasteiger partial charge in [0.05, 0.1) is 36.6 Å². The molecule has 1 aliphatic heterocycles. The predicted molar refractivity (Wildman–Crippen MR) is 114 cm³/mol. The standard InChI is InChI=1S/C20H30N2O7S/c1-4-9-21(17-7-10-30(26,27)11-8-17)18-6-5-15(12-19(18)22(24)25)16(14-28-2)13-20(23)29-3/h5-6,12,16-17H,4,7-11,13-14H2,1-3H3. The Morgan fingerprint density at radius 1 is 1.30 bits per heavy atom. The van der Waals surface area contributed by atoms with Crippen LogP contribution in [0.25, 0.3) is 0 Å². The van der Waals surface area contributed by atoms with Crippen molar-refractivity contribution in [1.82, 2.24) is 0 Å². The zero-order valence-corrected chi connectivity index (χ0v) is 18.5. The van der Waals surface area contributed by atoms with Crippen LogP contribution in [0, 0.1) is 10.1 Å². The molecule has 0 radical (unpaired) electrons. The molecule has 1 atom stereocenters. The fourth-order valence-corrected chi connectivity index (χ4v) is 5.34. The smallest absolute Gasteiger partial charge is 0.306 e. The Hall–Kier alpha value is -2.20. The summed E-state index contributed by atoms with van der Waals surface area (Å²) in [4.78, 5) is 25.2. The van der Waals surface area contributed by atoms with Crippen LogP contribution in [0.15, 0.2) is 18.2 Å². The van der Waals surface area contributed by atoms with Gasteiger partial charge in [-0.15, -0.1) is 0 Å². The molecular formula is C20H30N2O7S. The second-order valence-corrected chi connectivity index (χ2v) is 9.82. The largest absolute Gasteiger partial charge is 0.469 e. The molecule has 2 rings (SSSR count). The molecule has 10 heteroatoms. The van der Waals surface area contributed by atoms with E-state index in [1.165, 1.54) is 20.3 Å². The third kappa shape index (κ3) is 6.15. The van der Waals surface area contributed by atoms with Crippen molar-refractivity contribution in [2.24, 2.45) is 0 Å². The number of carbonyl (C=O) groups excluding carboxylic acids is 1. The number of methoxy groups -OCH3 is 2. The Kier molecular flexibility index (Phi) is 8.60. The first-order chi connectivity index (χ1) is 14.2. The van der Waals surface area contributed by atoms with Gasteiger partial charge in [-0.3, -0.25) is 14.9 Å². The quantitative estimate of drug-likeness (QED) is 0.308. The van der Waals surface area contributed by atoms with E-state index in [9.17, 15) is 23.3 Å². The molecule has 168 valence electrons. The van der Waals surface area contributed by atoms with Crippen LogP contribution in [0.3, 0.4) is 0 Å². The predicted octanol–water partition coefficient (Wildman–Crippen LogP) is 2.68. The molecule has 30 heavy (non-hydrogen) atoms. The van der Waals surface area contributed by atoms with E-state index in [0.717, 1.165) is 6.42 Å². The first kappa shape index (κ1) is 24.1. The summed E-state index contributed by atoms with van der Waals surface area (Å²) in [5.74, 6) is -0.591. The number of esters is 1. The van der Waals surface area contributed by atoms with Gasteiger partial charge in [-0.2, -0.15) is 0 Å². The first-order valence-electron chi connectivity index (χ1n) is 10.0. The number of carbonyl (C=O) groups is 1. The number of benzene rings is 1. The zero-order valence-electron chi connectivity index (χ0n) is 17.7. The van der Waals surface area contributed by atoms with Crippen molar-refractivity contribution in [1.29, 1.82) is 0 Å². The van der Waals surface area contributed by atoms with Gasteiger partial charge in [0.25, 0.3) is 5.69 Å². The highest BCUT2D eigenvalue weighted by atomic mass is 32.2. The molecule has 0 bridgehead atoms. The van der Waals surface area contributed by atoms with Gasteiger partial charge < -0.3 is 14.4 Å². The Morgan fingerprint density at radius 2 is 1.97 bits per heavy atom. The van der Waals surface area contributed by atoms with Crippen LogP contribution < -0.4 is 4.90 Å². The van der Waals surface area contributed by atoms with Crippen LogP contribution in [0.4, 0.5) is 11.4 Å². The highest BCUT2D eigenvalue weighted by Crippen LogP contribution is 2.36. The van der Waals surface area contributed by atoms with Gasteiger partial charge in [-0.25, -0.2) is 8.42 Å². The number of nitro benzene ring substituents is 1. The molecule has 1 unspecified atom stereocenters. The summed E-state index contributed by atoms with van der Waals surface area (Å²) in [6.45, 7) is 2.80. The zero-order chi connectivity index (χ0) is 22.3. The van der Waals surface area contributed by atoms with Gasteiger partial charge in [0.15, 0.2) is 0 Å². The van der Waals surface area contributed by atoms with Gasteiger partial charge in [0.2, 0.25) is 0 Å². The average molecular weight is 443 g/mol. The van der Waals surface area contributed by atoms with Crippen LogP contribution in [0.2, 0.25) is 0 Å². The Labute approximate surface area is 177 Å².